The van der Waals surface area contributed by atoms with Crippen LogP contribution in [0.4, 0.5) is 0 Å². The molecule has 0 radical (unpaired) electrons. The molecule has 0 fully saturated rings. The van der Waals surface area contributed by atoms with E-state index in [1.807, 2.05) is 0 Å². The Morgan fingerprint density at radius 1 is 0.571 bits per heavy atom. The monoisotopic (exact) mass is 291 g/mol. The van der Waals surface area contributed by atoms with E-state index in [2.05, 4.69) is 43.4 Å². The standard InChI is InChI=1S/C20H37N/c1-2-3-4-5-6-7-8-9-10-11-12-13-14-15-16-17-18-19-20-21/h6-7,9-10,12-13H,2-5,8,11,14-21H2,1H3/b7-6+,10-9+,13-12+. The molecule has 0 bridgehead atoms. The summed E-state index contributed by atoms with van der Waals surface area (Å²) in [7, 11) is 0. The molecule has 1 heteroatoms. The van der Waals surface area contributed by atoms with Gasteiger partial charge in [-0.05, 0) is 51.5 Å². The Morgan fingerprint density at radius 3 is 1.62 bits per heavy atom. The third-order valence-corrected chi connectivity index (χ3v) is 3.59. The van der Waals surface area contributed by atoms with Gasteiger partial charge in [-0.1, -0.05) is 75.5 Å². The summed E-state index contributed by atoms with van der Waals surface area (Å²) in [5.74, 6) is 0. The molecule has 0 rings (SSSR count). The summed E-state index contributed by atoms with van der Waals surface area (Å²) in [4.78, 5) is 0. The number of hydrogen-bond acceptors (Lipinski definition) is 1. The maximum absolute atomic E-state index is 5.47. The molecule has 0 unspecified atom stereocenters. The third-order valence-electron chi connectivity index (χ3n) is 3.59. The Kier molecular flexibility index (Phi) is 18.4. The zero-order chi connectivity index (χ0) is 15.4. The van der Waals surface area contributed by atoms with Gasteiger partial charge in [-0.3, -0.25) is 0 Å². The van der Waals surface area contributed by atoms with Crippen LogP contribution in [0.1, 0.15) is 84.0 Å². The molecule has 0 saturated carbocycles. The van der Waals surface area contributed by atoms with E-state index in [4.69, 9.17) is 5.73 Å². The molecule has 0 aliphatic rings. The van der Waals surface area contributed by atoms with Crippen molar-refractivity contribution in [3.63, 3.8) is 0 Å². The SMILES string of the molecule is CCCCC/C=C/C/C=C/C/C=C/CCCCCCCN. The van der Waals surface area contributed by atoms with E-state index in [0.29, 0.717) is 0 Å². The molecule has 0 heterocycles. The first-order valence-corrected chi connectivity index (χ1v) is 9.06. The first kappa shape index (κ1) is 20.2. The van der Waals surface area contributed by atoms with E-state index in [1.165, 1.54) is 64.2 Å². The molecule has 0 aliphatic heterocycles. The maximum atomic E-state index is 5.47. The van der Waals surface area contributed by atoms with Crippen LogP contribution >= 0.6 is 0 Å². The van der Waals surface area contributed by atoms with Crippen LogP contribution in [0.3, 0.4) is 0 Å². The minimum Gasteiger partial charge on any atom is -0.330 e. The average Bonchev–Trinajstić information content (AvgIpc) is 2.50. The van der Waals surface area contributed by atoms with Crippen LogP contribution in [0.5, 0.6) is 0 Å². The molecule has 0 atom stereocenters. The van der Waals surface area contributed by atoms with Crippen molar-refractivity contribution < 1.29 is 0 Å². The van der Waals surface area contributed by atoms with Crippen molar-refractivity contribution in [3.8, 4) is 0 Å². The third kappa shape index (κ3) is 19.2. The zero-order valence-electron chi connectivity index (χ0n) is 14.2. The molecule has 122 valence electrons. The van der Waals surface area contributed by atoms with Crippen LogP contribution < -0.4 is 5.73 Å². The Hall–Kier alpha value is -0.820. The van der Waals surface area contributed by atoms with Gasteiger partial charge in [0.25, 0.3) is 0 Å². The summed E-state index contributed by atoms with van der Waals surface area (Å²) in [5.41, 5.74) is 5.47. The number of unbranched alkanes of at least 4 members (excludes halogenated alkanes) is 8. The lowest BCUT2D eigenvalue weighted by molar-refractivity contribution is 0.622. The second kappa shape index (κ2) is 19.2. The zero-order valence-corrected chi connectivity index (χ0v) is 14.2. The first-order valence-electron chi connectivity index (χ1n) is 9.06. The Bertz CT molecular complexity index is 263. The van der Waals surface area contributed by atoms with Gasteiger partial charge in [0.1, 0.15) is 0 Å². The van der Waals surface area contributed by atoms with Crippen molar-refractivity contribution in [1.29, 1.82) is 0 Å². The topological polar surface area (TPSA) is 26.0 Å². The second-order valence-corrected chi connectivity index (χ2v) is 5.73. The van der Waals surface area contributed by atoms with E-state index in [0.717, 1.165) is 19.4 Å². The minimum absolute atomic E-state index is 0.847. The van der Waals surface area contributed by atoms with E-state index < -0.39 is 0 Å². The fourth-order valence-corrected chi connectivity index (χ4v) is 2.23. The molecular formula is C20H37N. The Morgan fingerprint density at radius 2 is 1.05 bits per heavy atom. The number of hydrogen-bond donors (Lipinski definition) is 1. The molecule has 0 spiro atoms. The number of nitrogens with two attached hydrogens (primary N) is 1. The highest BCUT2D eigenvalue weighted by Crippen LogP contribution is 2.05. The van der Waals surface area contributed by atoms with Gasteiger partial charge in [-0.15, -0.1) is 0 Å². The Labute approximate surface area is 133 Å². The fraction of sp³-hybridized carbons (Fsp3) is 0.700. The molecule has 0 amide bonds. The summed E-state index contributed by atoms with van der Waals surface area (Å²) in [6, 6.07) is 0. The van der Waals surface area contributed by atoms with Gasteiger partial charge in [0.2, 0.25) is 0 Å². The van der Waals surface area contributed by atoms with E-state index >= 15 is 0 Å². The van der Waals surface area contributed by atoms with Crippen LogP contribution in [0.2, 0.25) is 0 Å². The van der Waals surface area contributed by atoms with Crippen molar-refractivity contribution in [3.05, 3.63) is 36.5 Å². The molecule has 0 aromatic carbocycles. The number of rotatable bonds is 15. The highest BCUT2D eigenvalue weighted by Gasteiger charge is 1.87. The molecular weight excluding hydrogens is 254 g/mol. The van der Waals surface area contributed by atoms with Gasteiger partial charge in [0.15, 0.2) is 0 Å². The summed E-state index contributed by atoms with van der Waals surface area (Å²) >= 11 is 0. The predicted molar refractivity (Wildman–Crippen MR) is 97.6 cm³/mol. The fourth-order valence-electron chi connectivity index (χ4n) is 2.23. The van der Waals surface area contributed by atoms with Crippen LogP contribution in [0.15, 0.2) is 36.5 Å². The molecule has 0 aromatic rings. The molecule has 0 saturated heterocycles. The minimum atomic E-state index is 0.847. The summed E-state index contributed by atoms with van der Waals surface area (Å²) in [6.45, 7) is 3.10. The van der Waals surface area contributed by atoms with Crippen molar-refractivity contribution in [2.75, 3.05) is 6.54 Å². The molecule has 1 nitrogen and oxygen atoms in total. The molecule has 2 N–H and O–H groups in total. The maximum Gasteiger partial charge on any atom is -0.00773 e. The summed E-state index contributed by atoms with van der Waals surface area (Å²) < 4.78 is 0. The predicted octanol–water partition coefficient (Wildman–Crippen LogP) is 6.31. The van der Waals surface area contributed by atoms with Crippen molar-refractivity contribution in [2.45, 2.75) is 84.0 Å². The highest BCUT2D eigenvalue weighted by atomic mass is 14.5. The van der Waals surface area contributed by atoms with Crippen molar-refractivity contribution in [2.24, 2.45) is 5.73 Å². The van der Waals surface area contributed by atoms with Gasteiger partial charge in [-0.25, -0.2) is 0 Å². The molecule has 0 aliphatic carbocycles. The van der Waals surface area contributed by atoms with Gasteiger partial charge in [0.05, 0.1) is 0 Å². The quantitative estimate of drug-likeness (QED) is 0.277. The molecule has 0 aromatic heterocycles. The number of allylic oxidation sites excluding steroid dienone is 6. The van der Waals surface area contributed by atoms with Crippen LogP contribution in [0, 0.1) is 0 Å². The van der Waals surface area contributed by atoms with Gasteiger partial charge < -0.3 is 5.73 Å². The van der Waals surface area contributed by atoms with E-state index in [9.17, 15) is 0 Å². The smallest absolute Gasteiger partial charge is 0.00773 e. The van der Waals surface area contributed by atoms with Crippen LogP contribution in [-0.4, -0.2) is 6.54 Å². The second-order valence-electron chi connectivity index (χ2n) is 5.73. The molecule has 21 heavy (non-hydrogen) atoms. The Balaban J connectivity index is 3.24. The lowest BCUT2D eigenvalue weighted by atomic mass is 10.1. The lowest BCUT2D eigenvalue weighted by Crippen LogP contribution is -1.97. The normalized spacial score (nSPS) is 12.3. The van der Waals surface area contributed by atoms with Crippen molar-refractivity contribution >= 4 is 0 Å². The van der Waals surface area contributed by atoms with E-state index in [1.54, 1.807) is 0 Å². The average molecular weight is 292 g/mol. The largest absolute Gasteiger partial charge is 0.330 e. The lowest BCUT2D eigenvalue weighted by Gasteiger charge is -1.97. The highest BCUT2D eigenvalue weighted by molar-refractivity contribution is 4.97. The summed E-state index contributed by atoms with van der Waals surface area (Å²) in [6.07, 6.45) is 28.9. The van der Waals surface area contributed by atoms with Crippen LogP contribution in [-0.2, 0) is 0 Å². The van der Waals surface area contributed by atoms with Gasteiger partial charge in [-0.2, -0.15) is 0 Å². The van der Waals surface area contributed by atoms with Crippen LogP contribution in [0.25, 0.3) is 0 Å². The first-order chi connectivity index (χ1) is 10.4. The van der Waals surface area contributed by atoms with E-state index in [-0.39, 0.29) is 0 Å². The summed E-state index contributed by atoms with van der Waals surface area (Å²) in [5, 5.41) is 0. The van der Waals surface area contributed by atoms with Gasteiger partial charge in [0, 0.05) is 0 Å². The van der Waals surface area contributed by atoms with Gasteiger partial charge >= 0.3 is 0 Å². The van der Waals surface area contributed by atoms with Crippen molar-refractivity contribution in [1.82, 2.24) is 0 Å².